The first kappa shape index (κ1) is 13.8. The van der Waals surface area contributed by atoms with Crippen LogP contribution in [0.15, 0.2) is 66.3 Å². The second-order valence-corrected chi connectivity index (χ2v) is 4.88. The Morgan fingerprint density at radius 2 is 2.18 bits per heavy atom. The van der Waals surface area contributed by atoms with E-state index in [1.807, 2.05) is 41.6 Å². The Balaban J connectivity index is 1.92. The Morgan fingerprint density at radius 3 is 2.86 bits per heavy atom. The predicted molar refractivity (Wildman–Crippen MR) is 89.2 cm³/mol. The van der Waals surface area contributed by atoms with Gasteiger partial charge in [0, 0.05) is 36.1 Å². The number of pyridine rings is 1. The highest BCUT2D eigenvalue weighted by Crippen LogP contribution is 2.23. The minimum Gasteiger partial charge on any atom is -0.398 e. The van der Waals surface area contributed by atoms with Crippen LogP contribution >= 0.6 is 0 Å². The van der Waals surface area contributed by atoms with Crippen molar-refractivity contribution in [1.82, 2.24) is 9.88 Å². The van der Waals surface area contributed by atoms with Gasteiger partial charge in [-0.25, -0.2) is 9.98 Å². The van der Waals surface area contributed by atoms with Crippen molar-refractivity contribution in [1.29, 1.82) is 5.41 Å². The standard InChI is InChI=1S/C16H16N6/c1-2-22(11-17)16-6-3-12(7-19-16)15-10-21-8-13(18)4-5-14(9-21)20-15/h2-8,10-11,17H,1,9,18H2. The van der Waals surface area contributed by atoms with Crippen molar-refractivity contribution in [2.24, 2.45) is 10.7 Å². The topological polar surface area (TPSA) is 81.6 Å². The molecule has 3 rings (SSSR count). The summed E-state index contributed by atoms with van der Waals surface area (Å²) in [5.41, 5.74) is 9.24. The van der Waals surface area contributed by atoms with Gasteiger partial charge in [-0.15, -0.1) is 0 Å². The molecule has 6 heteroatoms. The van der Waals surface area contributed by atoms with Gasteiger partial charge in [0.25, 0.3) is 0 Å². The monoisotopic (exact) mass is 292 g/mol. The van der Waals surface area contributed by atoms with E-state index in [9.17, 15) is 0 Å². The molecule has 1 aromatic heterocycles. The van der Waals surface area contributed by atoms with E-state index in [2.05, 4.69) is 16.6 Å². The molecule has 2 aliphatic rings. The van der Waals surface area contributed by atoms with E-state index < -0.39 is 0 Å². The Labute approximate surface area is 128 Å². The summed E-state index contributed by atoms with van der Waals surface area (Å²) < 4.78 is 0. The summed E-state index contributed by atoms with van der Waals surface area (Å²) in [7, 11) is 0. The van der Waals surface area contributed by atoms with E-state index in [-0.39, 0.29) is 0 Å². The molecule has 0 fully saturated rings. The fourth-order valence-electron chi connectivity index (χ4n) is 2.25. The number of aromatic nitrogens is 1. The summed E-state index contributed by atoms with van der Waals surface area (Å²) >= 11 is 0. The quantitative estimate of drug-likeness (QED) is 0.657. The molecular formula is C16H16N6. The van der Waals surface area contributed by atoms with Crippen molar-refractivity contribution in [3.05, 3.63) is 66.9 Å². The first-order valence-corrected chi connectivity index (χ1v) is 6.78. The number of nitrogens with zero attached hydrogens (tertiary/aromatic N) is 4. The molecule has 0 amide bonds. The summed E-state index contributed by atoms with van der Waals surface area (Å²) in [5, 5.41) is 7.30. The second kappa shape index (κ2) is 5.69. The van der Waals surface area contributed by atoms with E-state index in [4.69, 9.17) is 11.1 Å². The summed E-state index contributed by atoms with van der Waals surface area (Å²) in [5.74, 6) is 0.638. The van der Waals surface area contributed by atoms with Crippen LogP contribution in [0.1, 0.15) is 5.56 Å². The molecule has 0 aromatic carbocycles. The largest absolute Gasteiger partial charge is 0.398 e. The smallest absolute Gasteiger partial charge is 0.137 e. The fraction of sp³-hybridized carbons (Fsp3) is 0.0625. The number of nitrogens with one attached hydrogen (secondary N) is 1. The lowest BCUT2D eigenvalue weighted by Gasteiger charge is -2.21. The fourth-order valence-corrected chi connectivity index (χ4v) is 2.25. The summed E-state index contributed by atoms with van der Waals surface area (Å²) in [6, 6.07) is 3.75. The van der Waals surface area contributed by atoms with Crippen molar-refractivity contribution in [2.45, 2.75) is 0 Å². The average Bonchev–Trinajstić information content (AvgIpc) is 2.66. The van der Waals surface area contributed by atoms with Crippen LogP contribution in [0.4, 0.5) is 5.82 Å². The molecule has 0 atom stereocenters. The van der Waals surface area contributed by atoms with Gasteiger partial charge in [0.05, 0.1) is 24.3 Å². The van der Waals surface area contributed by atoms with Crippen LogP contribution in [0.25, 0.3) is 5.70 Å². The van der Waals surface area contributed by atoms with Gasteiger partial charge >= 0.3 is 0 Å². The Bertz CT molecular complexity index is 716. The maximum absolute atomic E-state index is 7.30. The molecule has 0 saturated carbocycles. The molecular weight excluding hydrogens is 276 g/mol. The van der Waals surface area contributed by atoms with Gasteiger partial charge in [-0.05, 0) is 24.3 Å². The molecule has 3 heterocycles. The van der Waals surface area contributed by atoms with Crippen LogP contribution in [-0.4, -0.2) is 28.5 Å². The minimum absolute atomic E-state index is 0.638. The Morgan fingerprint density at radius 1 is 1.32 bits per heavy atom. The molecule has 0 unspecified atom stereocenters. The van der Waals surface area contributed by atoms with Crippen LogP contribution in [-0.2, 0) is 0 Å². The second-order valence-electron chi connectivity index (χ2n) is 4.88. The van der Waals surface area contributed by atoms with Crippen molar-refractivity contribution in [2.75, 3.05) is 11.4 Å². The lowest BCUT2D eigenvalue weighted by molar-refractivity contribution is 0.575. The Kier molecular flexibility index (Phi) is 3.57. The average molecular weight is 292 g/mol. The van der Waals surface area contributed by atoms with Gasteiger partial charge in [-0.2, -0.15) is 0 Å². The van der Waals surface area contributed by atoms with Gasteiger partial charge in [0.2, 0.25) is 0 Å². The van der Waals surface area contributed by atoms with Gasteiger partial charge in [-0.3, -0.25) is 10.3 Å². The first-order valence-electron chi connectivity index (χ1n) is 6.78. The van der Waals surface area contributed by atoms with Crippen molar-refractivity contribution >= 4 is 23.6 Å². The third kappa shape index (κ3) is 2.67. The number of aliphatic imine (C=N–C) groups is 1. The maximum Gasteiger partial charge on any atom is 0.137 e. The van der Waals surface area contributed by atoms with E-state index in [1.54, 1.807) is 6.20 Å². The van der Waals surface area contributed by atoms with E-state index in [0.29, 0.717) is 18.1 Å². The lowest BCUT2D eigenvalue weighted by atomic mass is 10.2. The molecule has 0 radical (unpaired) electrons. The SMILES string of the molecule is C=CN(C=N)c1ccc(C2=CN3C=C(N)C=CC(=N2)C3)cn1. The zero-order chi connectivity index (χ0) is 15.5. The lowest BCUT2D eigenvalue weighted by Crippen LogP contribution is -2.22. The molecule has 6 nitrogen and oxygen atoms in total. The van der Waals surface area contributed by atoms with Crippen LogP contribution < -0.4 is 10.6 Å². The third-order valence-corrected chi connectivity index (χ3v) is 3.32. The van der Waals surface area contributed by atoms with Crippen molar-refractivity contribution in [3.8, 4) is 0 Å². The molecule has 1 aromatic rings. The molecule has 110 valence electrons. The zero-order valence-electron chi connectivity index (χ0n) is 12.0. The van der Waals surface area contributed by atoms with Crippen LogP contribution in [0.2, 0.25) is 0 Å². The maximum atomic E-state index is 7.30. The highest BCUT2D eigenvalue weighted by molar-refractivity contribution is 6.02. The number of anilines is 1. The molecule has 22 heavy (non-hydrogen) atoms. The summed E-state index contributed by atoms with van der Waals surface area (Å²) in [6.45, 7) is 4.36. The Hall–Kier alpha value is -3.15. The molecule has 0 spiro atoms. The van der Waals surface area contributed by atoms with Crippen LogP contribution in [0, 0.1) is 5.41 Å². The molecule has 0 saturated heterocycles. The van der Waals surface area contributed by atoms with Gasteiger partial charge in [0.15, 0.2) is 0 Å². The van der Waals surface area contributed by atoms with Crippen LogP contribution in [0.5, 0.6) is 0 Å². The number of nitrogens with two attached hydrogens (primary N) is 1. The number of hydrogen-bond acceptors (Lipinski definition) is 5. The molecule has 2 aliphatic heterocycles. The summed E-state index contributed by atoms with van der Waals surface area (Å²) in [6.07, 6.45) is 12.0. The van der Waals surface area contributed by atoms with Crippen LogP contribution in [0.3, 0.4) is 0 Å². The minimum atomic E-state index is 0.638. The molecule has 3 N–H and O–H groups in total. The van der Waals surface area contributed by atoms with Crippen molar-refractivity contribution < 1.29 is 0 Å². The van der Waals surface area contributed by atoms with Crippen molar-refractivity contribution in [3.63, 3.8) is 0 Å². The summed E-state index contributed by atoms with van der Waals surface area (Å²) in [4.78, 5) is 12.5. The molecule has 2 bridgehead atoms. The number of hydrogen-bond donors (Lipinski definition) is 2. The van der Waals surface area contributed by atoms with E-state index in [1.165, 1.54) is 11.1 Å². The van der Waals surface area contributed by atoms with Gasteiger partial charge in [-0.1, -0.05) is 6.58 Å². The normalized spacial score (nSPS) is 16.2. The third-order valence-electron chi connectivity index (χ3n) is 3.32. The van der Waals surface area contributed by atoms with Gasteiger partial charge < -0.3 is 10.6 Å². The number of fused-ring (bicyclic) bond motifs is 2. The van der Waals surface area contributed by atoms with Gasteiger partial charge in [0.1, 0.15) is 5.82 Å². The van der Waals surface area contributed by atoms with E-state index >= 15 is 0 Å². The predicted octanol–water partition coefficient (Wildman–Crippen LogP) is 2.06. The highest BCUT2D eigenvalue weighted by atomic mass is 15.2. The molecule has 0 aliphatic carbocycles. The first-order chi connectivity index (χ1) is 10.7. The zero-order valence-corrected chi connectivity index (χ0v) is 12.0. The highest BCUT2D eigenvalue weighted by Gasteiger charge is 2.15. The number of rotatable bonds is 4. The number of allylic oxidation sites excluding steroid dienone is 1. The van der Waals surface area contributed by atoms with E-state index in [0.717, 1.165) is 23.3 Å².